The minimum absolute atomic E-state index is 0.0584. The van der Waals surface area contributed by atoms with Crippen molar-refractivity contribution in [3.8, 4) is 5.75 Å². The number of aromatic nitrogens is 2. The van der Waals surface area contributed by atoms with Gasteiger partial charge in [-0.3, -0.25) is 4.57 Å². The lowest BCUT2D eigenvalue weighted by atomic mass is 10.1. The Balaban J connectivity index is 2.15. The Morgan fingerprint density at radius 1 is 1.15 bits per heavy atom. The van der Waals surface area contributed by atoms with Crippen LogP contribution in [0.1, 0.15) is 36.8 Å². The van der Waals surface area contributed by atoms with Gasteiger partial charge in [0.2, 0.25) is 5.03 Å². The zero-order valence-corrected chi connectivity index (χ0v) is 20.1. The first-order valence-electron chi connectivity index (χ1n) is 9.74. The van der Waals surface area contributed by atoms with Gasteiger partial charge in [0.1, 0.15) is 5.75 Å². The predicted molar refractivity (Wildman–Crippen MR) is 127 cm³/mol. The summed E-state index contributed by atoms with van der Waals surface area (Å²) in [7, 11) is -4.42. The summed E-state index contributed by atoms with van der Waals surface area (Å²) in [6, 6.07) is 13.3. The van der Waals surface area contributed by atoms with Crippen molar-refractivity contribution in [1.82, 2.24) is 9.55 Å². The van der Waals surface area contributed by atoms with E-state index in [9.17, 15) is 13.2 Å². The molecule has 0 unspecified atom stereocenters. The highest BCUT2D eigenvalue weighted by atomic mass is 35.5. The minimum atomic E-state index is -4.42. The fraction of sp³-hybridized carbons (Fsp3) is 0.182. The van der Waals surface area contributed by atoms with Crippen LogP contribution in [0.4, 0.5) is 4.79 Å². The van der Waals surface area contributed by atoms with E-state index in [0.29, 0.717) is 0 Å². The lowest BCUT2D eigenvalue weighted by Gasteiger charge is -2.12. The summed E-state index contributed by atoms with van der Waals surface area (Å²) in [5.41, 5.74) is 6.13. The molecule has 0 saturated carbocycles. The Hall–Kier alpha value is -3.01. The zero-order chi connectivity index (χ0) is 24.2. The highest BCUT2D eigenvalue weighted by Gasteiger charge is 2.31. The van der Waals surface area contributed by atoms with E-state index in [4.69, 9.17) is 37.9 Å². The average Bonchev–Trinajstić information content (AvgIpc) is 3.10. The molecule has 33 heavy (non-hydrogen) atoms. The minimum Gasteiger partial charge on any atom is -0.442 e. The molecule has 8 nitrogen and oxygen atoms in total. The average molecular weight is 510 g/mol. The van der Waals surface area contributed by atoms with E-state index in [1.165, 1.54) is 29.0 Å². The van der Waals surface area contributed by atoms with Crippen molar-refractivity contribution >= 4 is 51.7 Å². The van der Waals surface area contributed by atoms with Gasteiger partial charge in [-0.25, -0.2) is 9.78 Å². The Morgan fingerprint density at radius 3 is 2.36 bits per heavy atom. The van der Waals surface area contributed by atoms with Crippen LogP contribution in [0.5, 0.6) is 5.75 Å². The van der Waals surface area contributed by atoms with Crippen LogP contribution in [0.3, 0.4) is 0 Å². The number of benzene rings is 2. The summed E-state index contributed by atoms with van der Waals surface area (Å²) in [5.74, 6) is -0.215. The Kier molecular flexibility index (Phi) is 7.68. The maximum atomic E-state index is 13.4. The summed E-state index contributed by atoms with van der Waals surface area (Å²) in [5, 5.41) is 0.207. The second kappa shape index (κ2) is 10.3. The van der Waals surface area contributed by atoms with Crippen LogP contribution >= 0.6 is 23.2 Å². The van der Waals surface area contributed by atoms with Crippen molar-refractivity contribution in [2.24, 2.45) is 5.73 Å². The van der Waals surface area contributed by atoms with Crippen molar-refractivity contribution in [2.45, 2.75) is 31.4 Å². The van der Waals surface area contributed by atoms with E-state index < -0.39 is 16.2 Å². The van der Waals surface area contributed by atoms with Gasteiger partial charge in [-0.15, -0.1) is 0 Å². The van der Waals surface area contributed by atoms with Gasteiger partial charge in [0.05, 0.1) is 5.69 Å². The summed E-state index contributed by atoms with van der Waals surface area (Å²) >= 11 is 12.0. The fourth-order valence-electron chi connectivity index (χ4n) is 2.96. The molecule has 0 fully saturated rings. The molecule has 3 aromatic rings. The van der Waals surface area contributed by atoms with Crippen molar-refractivity contribution in [3.05, 3.63) is 75.7 Å². The van der Waals surface area contributed by atoms with Crippen molar-refractivity contribution in [2.75, 3.05) is 0 Å². The van der Waals surface area contributed by atoms with Gasteiger partial charge in [-0.2, -0.15) is 8.42 Å². The third kappa shape index (κ3) is 6.28. The first-order valence-corrected chi connectivity index (χ1v) is 11.9. The van der Waals surface area contributed by atoms with Crippen LogP contribution in [0.2, 0.25) is 10.0 Å². The molecule has 0 bridgehead atoms. The number of amides is 1. The molecule has 0 aliphatic heterocycles. The standard InChI is InChI=1S/C22H21Cl2N3O5S/c1-14(2)20-21(33(29,30)32-18-11-16(23)10-17(24)12-18)27(19(26-20)13-31-22(25)28)9-8-15-6-4-3-5-7-15/h3-12,14H,13H2,1-2H3,(H2,25,28). The monoisotopic (exact) mass is 509 g/mol. The number of carbonyl (C=O) groups excluding carboxylic acids is 1. The maximum absolute atomic E-state index is 13.4. The molecule has 2 N–H and O–H groups in total. The molecule has 1 heterocycles. The van der Waals surface area contributed by atoms with Crippen LogP contribution in [-0.4, -0.2) is 24.1 Å². The number of carbonyl (C=O) groups is 1. The van der Waals surface area contributed by atoms with Gasteiger partial charge in [-0.05, 0) is 23.6 Å². The molecule has 1 aromatic heterocycles. The molecule has 0 saturated heterocycles. The Labute approximate surface area is 201 Å². The van der Waals surface area contributed by atoms with Gasteiger partial charge < -0.3 is 14.7 Å². The molecule has 174 valence electrons. The number of primary amides is 1. The van der Waals surface area contributed by atoms with Crippen LogP contribution < -0.4 is 9.92 Å². The van der Waals surface area contributed by atoms with Gasteiger partial charge in [0, 0.05) is 28.4 Å². The second-order valence-corrected chi connectivity index (χ2v) is 9.55. The molecule has 11 heteroatoms. The normalized spacial score (nSPS) is 11.8. The third-order valence-electron chi connectivity index (χ3n) is 4.35. The number of rotatable bonds is 8. The molecule has 0 atom stereocenters. The van der Waals surface area contributed by atoms with Gasteiger partial charge in [-0.1, -0.05) is 67.4 Å². The van der Waals surface area contributed by atoms with Crippen molar-refractivity contribution in [1.29, 1.82) is 0 Å². The fourth-order valence-corrected chi connectivity index (χ4v) is 4.84. The molecule has 0 spiro atoms. The van der Waals surface area contributed by atoms with Crippen LogP contribution in [-0.2, 0) is 21.5 Å². The molecular weight excluding hydrogens is 489 g/mol. The maximum Gasteiger partial charge on any atom is 0.404 e. The highest BCUT2D eigenvalue weighted by Crippen LogP contribution is 2.31. The molecule has 1 amide bonds. The number of hydrogen-bond acceptors (Lipinski definition) is 6. The third-order valence-corrected chi connectivity index (χ3v) is 6.08. The quantitative estimate of drug-likeness (QED) is 0.411. The van der Waals surface area contributed by atoms with Crippen LogP contribution in [0.15, 0.2) is 53.6 Å². The van der Waals surface area contributed by atoms with Gasteiger partial charge >= 0.3 is 16.2 Å². The van der Waals surface area contributed by atoms with E-state index in [-0.39, 0.29) is 44.9 Å². The largest absolute Gasteiger partial charge is 0.442 e. The van der Waals surface area contributed by atoms with E-state index in [0.717, 1.165) is 5.56 Å². The van der Waals surface area contributed by atoms with E-state index in [2.05, 4.69) is 4.98 Å². The summed E-state index contributed by atoms with van der Waals surface area (Å²) in [6.07, 6.45) is 2.18. The van der Waals surface area contributed by atoms with Gasteiger partial charge in [0.15, 0.2) is 12.4 Å². The van der Waals surface area contributed by atoms with Crippen LogP contribution in [0, 0.1) is 0 Å². The smallest absolute Gasteiger partial charge is 0.404 e. The lowest BCUT2D eigenvalue weighted by Crippen LogP contribution is -2.17. The molecule has 3 rings (SSSR count). The number of hydrogen-bond donors (Lipinski definition) is 1. The number of imidazole rings is 1. The molecule has 2 aromatic carbocycles. The first kappa shape index (κ1) is 24.6. The number of nitrogens with two attached hydrogens (primary N) is 1. The van der Waals surface area contributed by atoms with Gasteiger partial charge in [0.25, 0.3) is 0 Å². The summed E-state index contributed by atoms with van der Waals surface area (Å²) in [4.78, 5) is 15.6. The Bertz CT molecular complexity index is 1270. The van der Waals surface area contributed by atoms with Crippen molar-refractivity contribution < 1.29 is 22.1 Å². The van der Waals surface area contributed by atoms with E-state index >= 15 is 0 Å². The molecule has 0 aliphatic carbocycles. The molecular formula is C22H21Cl2N3O5S. The van der Waals surface area contributed by atoms with E-state index in [1.54, 1.807) is 19.9 Å². The summed E-state index contributed by atoms with van der Waals surface area (Å²) in [6.45, 7) is 3.22. The number of nitrogens with zero attached hydrogens (tertiary/aromatic N) is 2. The molecule has 0 aliphatic rings. The first-order chi connectivity index (χ1) is 15.6. The highest BCUT2D eigenvalue weighted by molar-refractivity contribution is 7.87. The van der Waals surface area contributed by atoms with E-state index in [1.807, 2.05) is 30.3 Å². The topological polar surface area (TPSA) is 114 Å². The predicted octanol–water partition coefficient (Wildman–Crippen LogP) is 5.30. The van der Waals surface area contributed by atoms with Crippen molar-refractivity contribution in [3.63, 3.8) is 0 Å². The molecule has 0 radical (unpaired) electrons. The lowest BCUT2D eigenvalue weighted by molar-refractivity contribution is 0.146. The van der Waals surface area contributed by atoms with Crippen LogP contribution in [0.25, 0.3) is 12.3 Å². The zero-order valence-electron chi connectivity index (χ0n) is 17.7. The Morgan fingerprint density at radius 2 is 1.79 bits per heavy atom. The summed E-state index contributed by atoms with van der Waals surface area (Å²) < 4.78 is 38.3. The second-order valence-electron chi connectivity index (χ2n) is 7.22. The SMILES string of the molecule is CC(C)c1nc(COC(N)=O)n(C=Cc2ccccc2)c1S(=O)(=O)Oc1cc(Cl)cc(Cl)c1. The number of halogens is 2. The number of ether oxygens (including phenoxy) is 1.